The van der Waals surface area contributed by atoms with E-state index in [0.717, 1.165) is 22.5 Å². The molecule has 0 radical (unpaired) electrons. The van der Waals surface area contributed by atoms with Crippen molar-refractivity contribution in [2.75, 3.05) is 0 Å². The number of aryl methyl sites for hydroxylation is 1. The molecule has 0 saturated heterocycles. The van der Waals surface area contributed by atoms with Crippen molar-refractivity contribution in [3.8, 4) is 0 Å². The number of nitrogens with zero attached hydrogens (tertiary/aromatic N) is 6. The van der Waals surface area contributed by atoms with Gasteiger partial charge in [-0.05, 0) is 6.42 Å². The lowest BCUT2D eigenvalue weighted by Crippen LogP contribution is -2.39. The van der Waals surface area contributed by atoms with E-state index in [1.54, 1.807) is 4.57 Å². The summed E-state index contributed by atoms with van der Waals surface area (Å²) in [6, 6.07) is 0. The van der Waals surface area contributed by atoms with Crippen molar-refractivity contribution in [1.29, 1.82) is 0 Å². The number of halogens is 1. The number of thioether (sulfide) groups is 1. The van der Waals surface area contributed by atoms with Crippen LogP contribution in [0, 0.1) is 0 Å². The van der Waals surface area contributed by atoms with Crippen molar-refractivity contribution in [2.24, 2.45) is 7.05 Å². The first-order valence-electron chi connectivity index (χ1n) is 8.46. The smallest absolute Gasteiger partial charge is 0.277 e. The van der Waals surface area contributed by atoms with Crippen molar-refractivity contribution in [2.45, 2.75) is 50.4 Å². The monoisotopic (exact) mass is 426 g/mol. The molecule has 144 valence electrons. The van der Waals surface area contributed by atoms with Crippen LogP contribution in [0.2, 0.25) is 4.34 Å². The summed E-state index contributed by atoms with van der Waals surface area (Å²) in [6.07, 6.45) is 0.747. The fourth-order valence-corrected chi connectivity index (χ4v) is 4.32. The highest BCUT2D eigenvalue weighted by atomic mass is 35.5. The highest BCUT2D eigenvalue weighted by Crippen LogP contribution is 2.30. The van der Waals surface area contributed by atoms with Crippen molar-refractivity contribution < 1.29 is 0 Å². The first-order chi connectivity index (χ1) is 12.8. The van der Waals surface area contributed by atoms with Gasteiger partial charge in [0, 0.05) is 36.8 Å². The molecule has 0 spiro atoms. The Morgan fingerprint density at radius 2 is 2.00 bits per heavy atom. The Morgan fingerprint density at radius 3 is 2.59 bits per heavy atom. The number of rotatable bonds is 6. The Bertz CT molecular complexity index is 1100. The van der Waals surface area contributed by atoms with Gasteiger partial charge >= 0.3 is 5.69 Å². The predicted molar refractivity (Wildman–Crippen MR) is 108 cm³/mol. The number of hydrogen-bond donors (Lipinski definition) is 0. The van der Waals surface area contributed by atoms with E-state index in [-0.39, 0.29) is 11.6 Å². The van der Waals surface area contributed by atoms with Gasteiger partial charge in [-0.1, -0.05) is 48.6 Å². The summed E-state index contributed by atoms with van der Waals surface area (Å²) in [5.41, 5.74) is 0.255. The second-order valence-electron chi connectivity index (χ2n) is 6.32. The lowest BCUT2D eigenvalue weighted by molar-refractivity contribution is 0.603. The molecule has 0 atom stereocenters. The maximum absolute atomic E-state index is 12.8. The quantitative estimate of drug-likeness (QED) is 0.441. The van der Waals surface area contributed by atoms with Crippen molar-refractivity contribution >= 4 is 45.9 Å². The van der Waals surface area contributed by atoms with Gasteiger partial charge in [-0.3, -0.25) is 13.9 Å². The third kappa shape index (κ3) is 3.78. The van der Waals surface area contributed by atoms with Gasteiger partial charge in [0.2, 0.25) is 0 Å². The molecule has 27 heavy (non-hydrogen) atoms. The van der Waals surface area contributed by atoms with Crippen LogP contribution in [-0.2, 0) is 19.3 Å². The molecular formula is C16H19ClN6O2S2. The summed E-state index contributed by atoms with van der Waals surface area (Å²) in [7, 11) is 1.47. The molecule has 0 aliphatic carbocycles. The molecule has 8 nitrogen and oxygen atoms in total. The molecule has 0 bridgehead atoms. The average Bonchev–Trinajstić information content (AvgIpc) is 3.05. The van der Waals surface area contributed by atoms with Gasteiger partial charge in [0.05, 0.1) is 0 Å². The minimum Gasteiger partial charge on any atom is -0.277 e. The van der Waals surface area contributed by atoms with Crippen LogP contribution in [0.15, 0.2) is 14.6 Å². The van der Waals surface area contributed by atoms with Gasteiger partial charge < -0.3 is 0 Å². The van der Waals surface area contributed by atoms with Crippen LogP contribution in [0.3, 0.4) is 0 Å². The topological polar surface area (TPSA) is 95.6 Å². The minimum absolute atomic E-state index is 0.0486. The first kappa shape index (κ1) is 20.0. The van der Waals surface area contributed by atoms with Crippen LogP contribution in [0.1, 0.15) is 44.6 Å². The summed E-state index contributed by atoms with van der Waals surface area (Å²) in [4.78, 5) is 34.6. The fourth-order valence-electron chi connectivity index (χ4n) is 2.56. The third-order valence-corrected chi connectivity index (χ3v) is 5.96. The van der Waals surface area contributed by atoms with E-state index in [4.69, 9.17) is 11.6 Å². The van der Waals surface area contributed by atoms with Gasteiger partial charge in [0.25, 0.3) is 5.56 Å². The zero-order valence-corrected chi connectivity index (χ0v) is 17.8. The number of fused-ring (bicyclic) bond motifs is 1. The molecule has 3 aromatic rings. The van der Waals surface area contributed by atoms with Gasteiger partial charge in [-0.25, -0.2) is 14.8 Å². The Balaban J connectivity index is 2.26. The van der Waals surface area contributed by atoms with E-state index in [2.05, 4.69) is 19.6 Å². The molecule has 3 aromatic heterocycles. The molecule has 3 rings (SSSR count). The second-order valence-corrected chi connectivity index (χ2v) is 8.64. The van der Waals surface area contributed by atoms with Gasteiger partial charge in [-0.2, -0.15) is 0 Å². The van der Waals surface area contributed by atoms with Crippen molar-refractivity contribution in [1.82, 2.24) is 28.7 Å². The van der Waals surface area contributed by atoms with Crippen LogP contribution in [0.4, 0.5) is 0 Å². The molecular weight excluding hydrogens is 408 g/mol. The summed E-state index contributed by atoms with van der Waals surface area (Å²) >= 11 is 8.55. The predicted octanol–water partition coefficient (Wildman–Crippen LogP) is 2.82. The molecule has 11 heteroatoms. The molecule has 0 aliphatic rings. The summed E-state index contributed by atoms with van der Waals surface area (Å²) in [5, 5.41) is 4.88. The van der Waals surface area contributed by atoms with E-state index in [1.165, 1.54) is 18.8 Å². The summed E-state index contributed by atoms with van der Waals surface area (Å²) < 4.78 is 7.00. The molecule has 0 amide bonds. The van der Waals surface area contributed by atoms with Gasteiger partial charge in [-0.15, -0.1) is 5.10 Å². The lowest BCUT2D eigenvalue weighted by atomic mass is 10.2. The van der Waals surface area contributed by atoms with E-state index in [1.807, 2.05) is 20.8 Å². The molecule has 0 aliphatic heterocycles. The molecule has 3 heterocycles. The normalized spacial score (nSPS) is 11.6. The highest BCUT2D eigenvalue weighted by molar-refractivity contribution is 7.98. The maximum Gasteiger partial charge on any atom is 0.332 e. The van der Waals surface area contributed by atoms with Crippen LogP contribution < -0.4 is 11.2 Å². The maximum atomic E-state index is 12.8. The minimum atomic E-state index is -0.400. The summed E-state index contributed by atoms with van der Waals surface area (Å²) in [6.45, 7) is 6.39. The summed E-state index contributed by atoms with van der Waals surface area (Å²) in [5.74, 6) is 1.06. The second kappa shape index (κ2) is 8.07. The Labute approximate surface area is 168 Å². The fraction of sp³-hybridized carbons (Fsp3) is 0.500. The van der Waals surface area contributed by atoms with Crippen LogP contribution in [0.5, 0.6) is 0 Å². The lowest BCUT2D eigenvalue weighted by Gasteiger charge is -2.14. The molecule has 0 fully saturated rings. The van der Waals surface area contributed by atoms with Crippen LogP contribution >= 0.6 is 34.9 Å². The van der Waals surface area contributed by atoms with Crippen molar-refractivity contribution in [3.05, 3.63) is 36.7 Å². The van der Waals surface area contributed by atoms with E-state index in [9.17, 15) is 9.59 Å². The van der Waals surface area contributed by atoms with Crippen molar-refractivity contribution in [3.63, 3.8) is 0 Å². The SMILES string of the molecule is CCCn1c(=O)n(C)c(=O)c2c(SCc3nnsc3Cl)nc(C(C)C)nc21. The Kier molecular flexibility index (Phi) is 5.97. The molecule has 0 unspecified atom stereocenters. The molecule has 0 aromatic carbocycles. The zero-order chi connectivity index (χ0) is 19.7. The third-order valence-electron chi connectivity index (χ3n) is 3.98. The van der Waals surface area contributed by atoms with Gasteiger partial charge in [0.15, 0.2) is 5.65 Å². The molecule has 0 saturated carbocycles. The Morgan fingerprint density at radius 1 is 1.26 bits per heavy atom. The first-order valence-corrected chi connectivity index (χ1v) is 10.6. The zero-order valence-electron chi connectivity index (χ0n) is 15.4. The standard InChI is InChI=1S/C16H19ClN6O2S2/c1-5-6-23-13-10(15(24)22(4)16(23)25)14(19-12(18-13)8(2)3)26-7-9-11(17)27-21-20-9/h8H,5-7H2,1-4H3. The number of aromatic nitrogens is 6. The highest BCUT2D eigenvalue weighted by Gasteiger charge is 2.20. The van der Waals surface area contributed by atoms with E-state index in [0.29, 0.717) is 44.2 Å². The Hall–Kier alpha value is -1.78. The number of hydrogen-bond acceptors (Lipinski definition) is 8. The van der Waals surface area contributed by atoms with E-state index >= 15 is 0 Å². The van der Waals surface area contributed by atoms with Gasteiger partial charge in [0.1, 0.15) is 26.3 Å². The van der Waals surface area contributed by atoms with Crippen LogP contribution in [-0.4, -0.2) is 28.7 Å². The largest absolute Gasteiger partial charge is 0.332 e. The average molecular weight is 427 g/mol. The van der Waals surface area contributed by atoms with E-state index < -0.39 is 5.56 Å². The molecule has 0 N–H and O–H groups in total. The van der Waals surface area contributed by atoms with Crippen LogP contribution in [0.25, 0.3) is 11.0 Å².